The van der Waals surface area contributed by atoms with Crippen molar-refractivity contribution in [3.8, 4) is 0 Å². The first kappa shape index (κ1) is 13.0. The maximum Gasteiger partial charge on any atom is 0.0931 e. The van der Waals surface area contributed by atoms with Gasteiger partial charge in [0.1, 0.15) is 0 Å². The number of rotatable bonds is 8. The highest BCUT2D eigenvalue weighted by molar-refractivity contribution is 7.16. The lowest BCUT2D eigenvalue weighted by Gasteiger charge is -2.03. The van der Waals surface area contributed by atoms with Crippen LogP contribution >= 0.6 is 22.9 Å². The van der Waals surface area contributed by atoms with Crippen molar-refractivity contribution in [2.24, 2.45) is 0 Å². The first-order valence-electron chi connectivity index (χ1n) is 5.42. The molecule has 4 heteroatoms. The SMILES string of the molecule is CNCCCCNCCc1ccc(Cl)s1. The number of nitrogens with one attached hydrogen (secondary N) is 2. The van der Waals surface area contributed by atoms with Crippen LogP contribution in [0.1, 0.15) is 17.7 Å². The fourth-order valence-electron chi connectivity index (χ4n) is 1.37. The van der Waals surface area contributed by atoms with Crippen LogP contribution in [0.4, 0.5) is 0 Å². The summed E-state index contributed by atoms with van der Waals surface area (Å²) in [5.74, 6) is 0. The molecule has 0 saturated heterocycles. The Morgan fingerprint density at radius 1 is 1.20 bits per heavy atom. The molecule has 0 aliphatic heterocycles. The van der Waals surface area contributed by atoms with Gasteiger partial charge in [-0.3, -0.25) is 0 Å². The molecule has 0 atom stereocenters. The van der Waals surface area contributed by atoms with Gasteiger partial charge in [0.25, 0.3) is 0 Å². The zero-order valence-electron chi connectivity index (χ0n) is 9.18. The summed E-state index contributed by atoms with van der Waals surface area (Å²) < 4.78 is 0.888. The predicted molar refractivity (Wildman–Crippen MR) is 69.1 cm³/mol. The molecular formula is C11H19ClN2S. The molecule has 0 saturated carbocycles. The van der Waals surface area contributed by atoms with Crippen LogP contribution in [0, 0.1) is 0 Å². The molecule has 0 aromatic carbocycles. The van der Waals surface area contributed by atoms with E-state index in [0.717, 1.165) is 30.4 Å². The van der Waals surface area contributed by atoms with E-state index in [0.29, 0.717) is 0 Å². The first-order valence-corrected chi connectivity index (χ1v) is 6.62. The molecule has 15 heavy (non-hydrogen) atoms. The van der Waals surface area contributed by atoms with Crippen molar-refractivity contribution < 1.29 is 0 Å². The first-order chi connectivity index (χ1) is 7.33. The fraction of sp³-hybridized carbons (Fsp3) is 0.636. The van der Waals surface area contributed by atoms with Crippen molar-refractivity contribution in [3.63, 3.8) is 0 Å². The summed E-state index contributed by atoms with van der Waals surface area (Å²) in [4.78, 5) is 1.36. The van der Waals surface area contributed by atoms with Gasteiger partial charge in [-0.2, -0.15) is 0 Å². The summed E-state index contributed by atoms with van der Waals surface area (Å²) in [6.45, 7) is 3.28. The summed E-state index contributed by atoms with van der Waals surface area (Å²) >= 11 is 7.52. The van der Waals surface area contributed by atoms with Crippen LogP contribution in [-0.2, 0) is 6.42 Å². The molecule has 86 valence electrons. The highest BCUT2D eigenvalue weighted by Gasteiger charge is 1.96. The highest BCUT2D eigenvalue weighted by atomic mass is 35.5. The smallest absolute Gasteiger partial charge is 0.0931 e. The third-order valence-corrected chi connectivity index (χ3v) is 3.50. The van der Waals surface area contributed by atoms with Gasteiger partial charge in [0.2, 0.25) is 0 Å². The molecular weight excluding hydrogens is 228 g/mol. The molecule has 1 rings (SSSR count). The molecule has 0 bridgehead atoms. The Morgan fingerprint density at radius 2 is 2.00 bits per heavy atom. The zero-order chi connectivity index (χ0) is 10.9. The van der Waals surface area contributed by atoms with Crippen molar-refractivity contribution in [3.05, 3.63) is 21.3 Å². The van der Waals surface area contributed by atoms with Crippen LogP contribution < -0.4 is 10.6 Å². The Balaban J connectivity index is 1.93. The molecule has 2 nitrogen and oxygen atoms in total. The lowest BCUT2D eigenvalue weighted by atomic mass is 10.3. The lowest BCUT2D eigenvalue weighted by Crippen LogP contribution is -2.19. The van der Waals surface area contributed by atoms with E-state index in [2.05, 4.69) is 16.7 Å². The van der Waals surface area contributed by atoms with Crippen LogP contribution in [0.2, 0.25) is 4.34 Å². The normalized spacial score (nSPS) is 10.8. The molecule has 0 fully saturated rings. The molecule has 0 aliphatic rings. The summed E-state index contributed by atoms with van der Waals surface area (Å²) in [5.41, 5.74) is 0. The van der Waals surface area contributed by atoms with Gasteiger partial charge in [-0.25, -0.2) is 0 Å². The third-order valence-electron chi connectivity index (χ3n) is 2.21. The molecule has 0 spiro atoms. The minimum Gasteiger partial charge on any atom is -0.320 e. The number of thiophene rings is 1. The van der Waals surface area contributed by atoms with Crippen molar-refractivity contribution >= 4 is 22.9 Å². The quantitative estimate of drug-likeness (QED) is 0.689. The van der Waals surface area contributed by atoms with Gasteiger partial charge >= 0.3 is 0 Å². The molecule has 0 unspecified atom stereocenters. The molecule has 0 aliphatic carbocycles. The largest absolute Gasteiger partial charge is 0.320 e. The van der Waals surface area contributed by atoms with E-state index in [4.69, 9.17) is 11.6 Å². The van der Waals surface area contributed by atoms with Crippen molar-refractivity contribution in [1.29, 1.82) is 0 Å². The number of hydrogen-bond donors (Lipinski definition) is 2. The predicted octanol–water partition coefficient (Wildman–Crippen LogP) is 2.53. The molecule has 0 radical (unpaired) electrons. The Hall–Kier alpha value is -0.0900. The van der Waals surface area contributed by atoms with E-state index < -0.39 is 0 Å². The summed E-state index contributed by atoms with van der Waals surface area (Å²) in [6.07, 6.45) is 3.57. The van der Waals surface area contributed by atoms with Crippen LogP contribution in [0.15, 0.2) is 12.1 Å². The van der Waals surface area contributed by atoms with E-state index in [9.17, 15) is 0 Å². The van der Waals surface area contributed by atoms with Gasteiger partial charge in [-0.1, -0.05) is 11.6 Å². The average molecular weight is 247 g/mol. The highest BCUT2D eigenvalue weighted by Crippen LogP contribution is 2.21. The Labute approximate surface area is 101 Å². The summed E-state index contributed by atoms with van der Waals surface area (Å²) in [7, 11) is 1.99. The minimum atomic E-state index is 0.888. The lowest BCUT2D eigenvalue weighted by molar-refractivity contribution is 0.607. The Bertz CT molecular complexity index is 263. The molecule has 1 aromatic rings. The van der Waals surface area contributed by atoms with Crippen molar-refractivity contribution in [1.82, 2.24) is 10.6 Å². The summed E-state index contributed by atoms with van der Waals surface area (Å²) in [5, 5.41) is 6.58. The second-order valence-corrected chi connectivity index (χ2v) is 5.32. The topological polar surface area (TPSA) is 24.1 Å². The van der Waals surface area contributed by atoms with Gasteiger partial charge in [0, 0.05) is 4.88 Å². The van der Waals surface area contributed by atoms with E-state index in [1.807, 2.05) is 13.1 Å². The van der Waals surface area contributed by atoms with Gasteiger partial charge in [0.05, 0.1) is 4.34 Å². The zero-order valence-corrected chi connectivity index (χ0v) is 10.8. The van der Waals surface area contributed by atoms with E-state index in [-0.39, 0.29) is 0 Å². The average Bonchev–Trinajstić information content (AvgIpc) is 2.63. The second kappa shape index (κ2) is 8.11. The van der Waals surface area contributed by atoms with E-state index in [1.165, 1.54) is 17.7 Å². The van der Waals surface area contributed by atoms with Crippen LogP contribution in [0.5, 0.6) is 0 Å². The van der Waals surface area contributed by atoms with Crippen molar-refractivity contribution in [2.45, 2.75) is 19.3 Å². The second-order valence-electron chi connectivity index (χ2n) is 3.52. The number of unbranched alkanes of at least 4 members (excludes halogenated alkanes) is 1. The monoisotopic (exact) mass is 246 g/mol. The minimum absolute atomic E-state index is 0.888. The number of halogens is 1. The maximum atomic E-state index is 5.85. The van der Waals surface area contributed by atoms with Crippen LogP contribution in [0.3, 0.4) is 0 Å². The van der Waals surface area contributed by atoms with Gasteiger partial charge in [-0.05, 0) is 58.1 Å². The summed E-state index contributed by atoms with van der Waals surface area (Å²) in [6, 6.07) is 4.07. The fourth-order valence-corrected chi connectivity index (χ4v) is 2.46. The van der Waals surface area contributed by atoms with Gasteiger partial charge < -0.3 is 10.6 Å². The van der Waals surface area contributed by atoms with Crippen LogP contribution in [-0.4, -0.2) is 26.7 Å². The van der Waals surface area contributed by atoms with Crippen LogP contribution in [0.25, 0.3) is 0 Å². The maximum absolute atomic E-state index is 5.85. The van der Waals surface area contributed by atoms with E-state index >= 15 is 0 Å². The molecule has 2 N–H and O–H groups in total. The van der Waals surface area contributed by atoms with E-state index in [1.54, 1.807) is 11.3 Å². The molecule has 1 aromatic heterocycles. The van der Waals surface area contributed by atoms with Gasteiger partial charge in [-0.15, -0.1) is 11.3 Å². The molecule has 0 amide bonds. The van der Waals surface area contributed by atoms with Gasteiger partial charge in [0.15, 0.2) is 0 Å². The Kier molecular flexibility index (Phi) is 7.01. The Morgan fingerprint density at radius 3 is 2.67 bits per heavy atom. The standard InChI is InChI=1S/C11H19ClN2S/c1-13-7-2-3-8-14-9-6-10-4-5-11(12)15-10/h4-5,13-14H,2-3,6-9H2,1H3. The van der Waals surface area contributed by atoms with Crippen molar-refractivity contribution in [2.75, 3.05) is 26.7 Å². The number of hydrogen-bond acceptors (Lipinski definition) is 3. The molecule has 1 heterocycles. The third kappa shape index (κ3) is 6.15.